The SMILES string of the molecule is NC1CCCN(C(=O)C2CC2c2ccccc2)C1. The van der Waals surface area contributed by atoms with E-state index in [0.29, 0.717) is 11.8 Å². The van der Waals surface area contributed by atoms with Crippen molar-refractivity contribution in [2.75, 3.05) is 13.1 Å². The molecule has 1 aromatic rings. The average molecular weight is 244 g/mol. The average Bonchev–Trinajstić information content (AvgIpc) is 3.19. The summed E-state index contributed by atoms with van der Waals surface area (Å²) in [6.07, 6.45) is 3.11. The van der Waals surface area contributed by atoms with Gasteiger partial charge in [0.05, 0.1) is 0 Å². The van der Waals surface area contributed by atoms with Gasteiger partial charge in [-0.2, -0.15) is 0 Å². The van der Waals surface area contributed by atoms with Gasteiger partial charge in [0.25, 0.3) is 0 Å². The molecular weight excluding hydrogens is 224 g/mol. The van der Waals surface area contributed by atoms with Gasteiger partial charge in [-0.15, -0.1) is 0 Å². The first-order chi connectivity index (χ1) is 8.75. The van der Waals surface area contributed by atoms with E-state index in [0.717, 1.165) is 32.4 Å². The maximum Gasteiger partial charge on any atom is 0.226 e. The molecule has 1 saturated heterocycles. The Morgan fingerprint density at radius 2 is 2.06 bits per heavy atom. The maximum absolute atomic E-state index is 12.4. The highest BCUT2D eigenvalue weighted by atomic mass is 16.2. The normalized spacial score (nSPS) is 31.2. The fraction of sp³-hybridized carbons (Fsp3) is 0.533. The number of piperidine rings is 1. The van der Waals surface area contributed by atoms with E-state index < -0.39 is 0 Å². The number of benzene rings is 1. The third kappa shape index (κ3) is 2.27. The summed E-state index contributed by atoms with van der Waals surface area (Å²) in [5.41, 5.74) is 7.24. The highest BCUT2D eigenvalue weighted by Gasteiger charge is 2.45. The van der Waals surface area contributed by atoms with Gasteiger partial charge in [-0.25, -0.2) is 0 Å². The second kappa shape index (κ2) is 4.73. The summed E-state index contributed by atoms with van der Waals surface area (Å²) in [7, 11) is 0. The number of rotatable bonds is 2. The third-order valence-corrected chi connectivity index (χ3v) is 4.10. The molecule has 3 rings (SSSR count). The molecule has 1 aliphatic heterocycles. The minimum atomic E-state index is 0.177. The third-order valence-electron chi connectivity index (χ3n) is 4.10. The molecule has 3 unspecified atom stereocenters. The van der Waals surface area contributed by atoms with Gasteiger partial charge in [0.15, 0.2) is 0 Å². The molecule has 3 heteroatoms. The molecule has 3 atom stereocenters. The van der Waals surface area contributed by atoms with Crippen LogP contribution >= 0.6 is 0 Å². The van der Waals surface area contributed by atoms with Crippen LogP contribution in [0, 0.1) is 5.92 Å². The second-order valence-electron chi connectivity index (χ2n) is 5.55. The first-order valence-corrected chi connectivity index (χ1v) is 6.85. The van der Waals surface area contributed by atoms with Crippen molar-refractivity contribution in [2.24, 2.45) is 11.7 Å². The van der Waals surface area contributed by atoms with E-state index in [9.17, 15) is 4.79 Å². The number of carbonyl (C=O) groups is 1. The Kier molecular flexibility index (Phi) is 3.08. The first-order valence-electron chi connectivity index (χ1n) is 6.85. The maximum atomic E-state index is 12.4. The van der Waals surface area contributed by atoms with E-state index in [-0.39, 0.29) is 12.0 Å². The van der Waals surface area contributed by atoms with Crippen LogP contribution in [0.25, 0.3) is 0 Å². The van der Waals surface area contributed by atoms with Gasteiger partial charge in [0, 0.05) is 25.0 Å². The van der Waals surface area contributed by atoms with Crippen molar-refractivity contribution >= 4 is 5.91 Å². The minimum absolute atomic E-state index is 0.177. The molecular formula is C15H20N2O. The molecule has 1 heterocycles. The fourth-order valence-corrected chi connectivity index (χ4v) is 2.98. The van der Waals surface area contributed by atoms with Crippen molar-refractivity contribution in [3.63, 3.8) is 0 Å². The highest BCUT2D eigenvalue weighted by Crippen LogP contribution is 2.48. The van der Waals surface area contributed by atoms with Gasteiger partial charge in [0.2, 0.25) is 5.91 Å². The van der Waals surface area contributed by atoms with E-state index >= 15 is 0 Å². The summed E-state index contributed by atoms with van der Waals surface area (Å²) in [6, 6.07) is 10.5. The van der Waals surface area contributed by atoms with Gasteiger partial charge < -0.3 is 10.6 Å². The Balaban J connectivity index is 1.62. The van der Waals surface area contributed by atoms with Crippen LogP contribution in [0.3, 0.4) is 0 Å². The molecule has 3 nitrogen and oxygen atoms in total. The number of nitrogens with zero attached hydrogens (tertiary/aromatic N) is 1. The van der Waals surface area contributed by atoms with Crippen molar-refractivity contribution < 1.29 is 4.79 Å². The zero-order chi connectivity index (χ0) is 12.5. The van der Waals surface area contributed by atoms with Crippen molar-refractivity contribution in [2.45, 2.75) is 31.2 Å². The van der Waals surface area contributed by atoms with Crippen LogP contribution in [0.1, 0.15) is 30.7 Å². The lowest BCUT2D eigenvalue weighted by Gasteiger charge is -2.31. The van der Waals surface area contributed by atoms with Crippen molar-refractivity contribution in [1.29, 1.82) is 0 Å². The van der Waals surface area contributed by atoms with E-state index in [1.54, 1.807) is 0 Å². The second-order valence-corrected chi connectivity index (χ2v) is 5.55. The number of amides is 1. The van der Waals surface area contributed by atoms with Gasteiger partial charge in [-0.05, 0) is 30.7 Å². The zero-order valence-corrected chi connectivity index (χ0v) is 10.6. The monoisotopic (exact) mass is 244 g/mol. The minimum Gasteiger partial charge on any atom is -0.341 e. The smallest absolute Gasteiger partial charge is 0.226 e. The van der Waals surface area contributed by atoms with E-state index in [1.165, 1.54) is 5.56 Å². The predicted octanol–water partition coefficient (Wildman–Crippen LogP) is 1.74. The molecule has 0 aromatic heterocycles. The van der Waals surface area contributed by atoms with Crippen LogP contribution in [-0.4, -0.2) is 29.9 Å². The Morgan fingerprint density at radius 1 is 1.28 bits per heavy atom. The summed E-state index contributed by atoms with van der Waals surface area (Å²) >= 11 is 0. The van der Waals surface area contributed by atoms with Gasteiger partial charge in [-0.1, -0.05) is 30.3 Å². The summed E-state index contributed by atoms with van der Waals surface area (Å²) in [4.78, 5) is 14.3. The number of likely N-dealkylation sites (tertiary alicyclic amines) is 1. The largest absolute Gasteiger partial charge is 0.341 e. The quantitative estimate of drug-likeness (QED) is 0.861. The van der Waals surface area contributed by atoms with Crippen LogP contribution in [0.15, 0.2) is 30.3 Å². The zero-order valence-electron chi connectivity index (χ0n) is 10.6. The van der Waals surface area contributed by atoms with Crippen molar-refractivity contribution in [1.82, 2.24) is 4.90 Å². The molecule has 1 aliphatic carbocycles. The van der Waals surface area contributed by atoms with E-state index in [1.807, 2.05) is 23.1 Å². The van der Waals surface area contributed by atoms with Gasteiger partial charge in [-0.3, -0.25) is 4.79 Å². The fourth-order valence-electron chi connectivity index (χ4n) is 2.98. The summed E-state index contributed by atoms with van der Waals surface area (Å²) in [5, 5.41) is 0. The lowest BCUT2D eigenvalue weighted by molar-refractivity contribution is -0.133. The van der Waals surface area contributed by atoms with Gasteiger partial charge in [0.1, 0.15) is 0 Å². The van der Waals surface area contributed by atoms with Crippen LogP contribution in [0.5, 0.6) is 0 Å². The predicted molar refractivity (Wildman–Crippen MR) is 71.1 cm³/mol. The molecule has 0 bridgehead atoms. The Bertz CT molecular complexity index is 431. The summed E-state index contributed by atoms with van der Waals surface area (Å²) in [5.74, 6) is 0.966. The Hall–Kier alpha value is -1.35. The van der Waals surface area contributed by atoms with Crippen molar-refractivity contribution in [3.8, 4) is 0 Å². The van der Waals surface area contributed by atoms with Crippen molar-refractivity contribution in [3.05, 3.63) is 35.9 Å². The lowest BCUT2D eigenvalue weighted by atomic mass is 10.0. The summed E-state index contributed by atoms with van der Waals surface area (Å²) < 4.78 is 0. The molecule has 1 saturated carbocycles. The molecule has 2 fully saturated rings. The molecule has 1 aromatic carbocycles. The molecule has 96 valence electrons. The molecule has 18 heavy (non-hydrogen) atoms. The molecule has 1 amide bonds. The first kappa shape index (κ1) is 11.7. The Morgan fingerprint density at radius 3 is 2.78 bits per heavy atom. The topological polar surface area (TPSA) is 46.3 Å². The number of hydrogen-bond acceptors (Lipinski definition) is 2. The van der Waals surface area contributed by atoms with E-state index in [2.05, 4.69) is 12.1 Å². The van der Waals surface area contributed by atoms with Crippen LogP contribution < -0.4 is 5.73 Å². The number of hydrogen-bond donors (Lipinski definition) is 1. The van der Waals surface area contributed by atoms with Crippen LogP contribution in [0.2, 0.25) is 0 Å². The standard InChI is InChI=1S/C15H20N2O/c16-12-7-4-8-17(10-12)15(18)14-9-13(14)11-5-2-1-3-6-11/h1-3,5-6,12-14H,4,7-10,16H2. The lowest BCUT2D eigenvalue weighted by Crippen LogP contribution is -2.46. The Labute approximate surface area is 108 Å². The molecule has 2 aliphatic rings. The number of nitrogens with two attached hydrogens (primary N) is 1. The molecule has 0 radical (unpaired) electrons. The highest BCUT2D eigenvalue weighted by molar-refractivity contribution is 5.83. The molecule has 0 spiro atoms. The van der Waals surface area contributed by atoms with E-state index in [4.69, 9.17) is 5.73 Å². The van der Waals surface area contributed by atoms with Gasteiger partial charge >= 0.3 is 0 Å². The molecule has 2 N–H and O–H groups in total. The summed E-state index contributed by atoms with van der Waals surface area (Å²) in [6.45, 7) is 1.64. The van der Waals surface area contributed by atoms with Crippen LogP contribution in [-0.2, 0) is 4.79 Å². The van der Waals surface area contributed by atoms with Crippen LogP contribution in [0.4, 0.5) is 0 Å². The number of carbonyl (C=O) groups excluding carboxylic acids is 1.